The molecule has 1 amide bonds. The van der Waals surface area contributed by atoms with E-state index >= 15 is 0 Å². The number of hydrogen-bond acceptors (Lipinski definition) is 3. The molecule has 0 bridgehead atoms. The van der Waals surface area contributed by atoms with E-state index in [1.54, 1.807) is 18.3 Å². The van der Waals surface area contributed by atoms with Crippen LogP contribution < -0.4 is 5.32 Å². The lowest BCUT2D eigenvalue weighted by atomic mass is 9.97. The molecule has 0 radical (unpaired) electrons. The molecule has 2 unspecified atom stereocenters. The van der Waals surface area contributed by atoms with E-state index in [9.17, 15) is 9.18 Å². The van der Waals surface area contributed by atoms with Gasteiger partial charge < -0.3 is 10.2 Å². The van der Waals surface area contributed by atoms with Crippen molar-refractivity contribution >= 4 is 18.3 Å². The highest BCUT2D eigenvalue weighted by Gasteiger charge is 2.30. The van der Waals surface area contributed by atoms with Gasteiger partial charge in [0.25, 0.3) is 0 Å². The van der Waals surface area contributed by atoms with Gasteiger partial charge in [-0.1, -0.05) is 31.2 Å². The first kappa shape index (κ1) is 20.3. The Bertz CT molecular complexity index is 713. The van der Waals surface area contributed by atoms with Gasteiger partial charge in [0.15, 0.2) is 0 Å². The van der Waals surface area contributed by atoms with Gasteiger partial charge in [-0.25, -0.2) is 4.39 Å². The molecule has 1 aromatic carbocycles. The smallest absolute Gasteiger partial charge is 0.226 e. The molecule has 2 aromatic rings. The number of rotatable bonds is 5. The molecular weight excluding hydrogens is 353 g/mol. The van der Waals surface area contributed by atoms with E-state index < -0.39 is 0 Å². The molecule has 4 nitrogen and oxygen atoms in total. The van der Waals surface area contributed by atoms with Gasteiger partial charge in [0.05, 0.1) is 6.04 Å². The summed E-state index contributed by atoms with van der Waals surface area (Å²) in [6, 6.07) is 10.7. The summed E-state index contributed by atoms with van der Waals surface area (Å²) in [4.78, 5) is 19.1. The summed E-state index contributed by atoms with van der Waals surface area (Å²) in [6.07, 6.45) is 4.78. The number of pyridine rings is 1. The Morgan fingerprint density at radius 1 is 1.35 bits per heavy atom. The van der Waals surface area contributed by atoms with Gasteiger partial charge in [0, 0.05) is 37.9 Å². The predicted molar refractivity (Wildman–Crippen MR) is 103 cm³/mol. The Labute approximate surface area is 160 Å². The van der Waals surface area contributed by atoms with E-state index in [0.717, 1.165) is 18.7 Å². The minimum absolute atomic E-state index is 0. The zero-order chi connectivity index (χ0) is 17.6. The molecule has 1 N–H and O–H groups in total. The van der Waals surface area contributed by atoms with E-state index in [1.165, 1.54) is 6.07 Å². The van der Waals surface area contributed by atoms with Gasteiger partial charge in [-0.2, -0.15) is 0 Å². The van der Waals surface area contributed by atoms with Crippen molar-refractivity contribution in [3.05, 3.63) is 65.7 Å². The Morgan fingerprint density at radius 3 is 2.88 bits per heavy atom. The van der Waals surface area contributed by atoms with Crippen LogP contribution in [0.25, 0.3) is 0 Å². The lowest BCUT2D eigenvalue weighted by Gasteiger charge is -2.38. The Kier molecular flexibility index (Phi) is 7.54. The zero-order valence-electron chi connectivity index (χ0n) is 14.9. The topological polar surface area (TPSA) is 45.2 Å². The molecule has 26 heavy (non-hydrogen) atoms. The fourth-order valence-electron chi connectivity index (χ4n) is 3.32. The van der Waals surface area contributed by atoms with Gasteiger partial charge in [-0.3, -0.25) is 9.78 Å². The molecule has 3 rings (SSSR count). The minimum atomic E-state index is -0.197. The molecule has 6 heteroatoms. The number of aryl methyl sites for hydroxylation is 1. The number of nitrogens with one attached hydrogen (secondary N) is 1. The first-order valence-corrected chi connectivity index (χ1v) is 8.81. The highest BCUT2D eigenvalue weighted by Crippen LogP contribution is 2.25. The summed E-state index contributed by atoms with van der Waals surface area (Å²) in [7, 11) is 0. The summed E-state index contributed by atoms with van der Waals surface area (Å²) in [5, 5.41) is 3.35. The van der Waals surface area contributed by atoms with Crippen molar-refractivity contribution in [3.63, 3.8) is 0 Å². The molecule has 0 spiro atoms. The number of carbonyl (C=O) groups is 1. The van der Waals surface area contributed by atoms with Crippen molar-refractivity contribution < 1.29 is 9.18 Å². The number of hydrogen-bond donors (Lipinski definition) is 1. The molecule has 1 saturated heterocycles. The summed E-state index contributed by atoms with van der Waals surface area (Å²) in [5.41, 5.74) is 1.72. The number of piperazine rings is 1. The number of benzene rings is 1. The lowest BCUT2D eigenvalue weighted by molar-refractivity contribution is -0.138. The summed E-state index contributed by atoms with van der Waals surface area (Å²) in [5.74, 6) is -0.207. The van der Waals surface area contributed by atoms with Crippen LogP contribution >= 0.6 is 12.4 Å². The summed E-state index contributed by atoms with van der Waals surface area (Å²) in [6.45, 7) is 4.15. The third kappa shape index (κ3) is 4.80. The van der Waals surface area contributed by atoms with Gasteiger partial charge in [0.1, 0.15) is 5.82 Å². The molecule has 0 aliphatic carbocycles. The van der Waals surface area contributed by atoms with Crippen LogP contribution in [0.2, 0.25) is 0 Å². The molecule has 2 atom stereocenters. The second-order valence-electron chi connectivity index (χ2n) is 6.57. The molecular formula is C20H25ClFN3O. The van der Waals surface area contributed by atoms with Crippen molar-refractivity contribution in [2.45, 2.75) is 25.8 Å². The van der Waals surface area contributed by atoms with Crippen molar-refractivity contribution in [1.29, 1.82) is 0 Å². The first-order chi connectivity index (χ1) is 12.2. The van der Waals surface area contributed by atoms with Crippen LogP contribution in [0.5, 0.6) is 0 Å². The largest absolute Gasteiger partial charge is 0.333 e. The van der Waals surface area contributed by atoms with Crippen LogP contribution in [0.3, 0.4) is 0 Å². The van der Waals surface area contributed by atoms with E-state index in [0.29, 0.717) is 24.9 Å². The Hall–Kier alpha value is -1.98. The van der Waals surface area contributed by atoms with Crippen LogP contribution in [0.4, 0.5) is 4.39 Å². The number of amides is 1. The fourth-order valence-corrected chi connectivity index (χ4v) is 3.32. The summed E-state index contributed by atoms with van der Waals surface area (Å²) >= 11 is 0. The summed E-state index contributed by atoms with van der Waals surface area (Å²) < 4.78 is 13.8. The third-order valence-corrected chi connectivity index (χ3v) is 4.82. The van der Waals surface area contributed by atoms with Crippen LogP contribution in [0.15, 0.2) is 48.8 Å². The average Bonchev–Trinajstić information content (AvgIpc) is 2.67. The molecule has 2 heterocycles. The van der Waals surface area contributed by atoms with E-state index in [-0.39, 0.29) is 36.1 Å². The van der Waals surface area contributed by atoms with Crippen molar-refractivity contribution in [2.75, 3.05) is 19.6 Å². The molecule has 1 aliphatic rings. The predicted octanol–water partition coefficient (Wildman–Crippen LogP) is 3.38. The SMILES string of the molecule is CC(CCc1ccccc1F)C(=O)N1CCNCC1c1cccnc1.Cl. The van der Waals surface area contributed by atoms with Crippen molar-refractivity contribution in [3.8, 4) is 0 Å². The normalized spacial score (nSPS) is 18.1. The zero-order valence-corrected chi connectivity index (χ0v) is 15.7. The number of nitrogens with zero attached hydrogens (tertiary/aromatic N) is 2. The first-order valence-electron chi connectivity index (χ1n) is 8.81. The number of aromatic nitrogens is 1. The molecule has 1 aliphatic heterocycles. The van der Waals surface area contributed by atoms with Gasteiger partial charge in [0.2, 0.25) is 5.91 Å². The standard InChI is InChI=1S/C20H24FN3O.ClH/c1-15(8-9-16-5-2-3-7-18(16)21)20(25)24-12-11-23-14-19(24)17-6-4-10-22-13-17;/h2-7,10,13,15,19,23H,8-9,11-12,14H2,1H3;1H. The maximum absolute atomic E-state index is 13.8. The average molecular weight is 378 g/mol. The van der Waals surface area contributed by atoms with Gasteiger partial charge >= 0.3 is 0 Å². The van der Waals surface area contributed by atoms with Crippen LogP contribution in [-0.4, -0.2) is 35.4 Å². The molecule has 1 aromatic heterocycles. The molecule has 0 saturated carbocycles. The Balaban J connectivity index is 0.00000243. The van der Waals surface area contributed by atoms with Crippen molar-refractivity contribution in [2.24, 2.45) is 5.92 Å². The second kappa shape index (κ2) is 9.64. The van der Waals surface area contributed by atoms with E-state index in [4.69, 9.17) is 0 Å². The highest BCUT2D eigenvalue weighted by atomic mass is 35.5. The lowest BCUT2D eigenvalue weighted by Crippen LogP contribution is -2.50. The fraction of sp³-hybridized carbons (Fsp3) is 0.400. The van der Waals surface area contributed by atoms with Crippen molar-refractivity contribution in [1.82, 2.24) is 15.2 Å². The van der Waals surface area contributed by atoms with Crippen LogP contribution in [-0.2, 0) is 11.2 Å². The number of halogens is 2. The highest BCUT2D eigenvalue weighted by molar-refractivity contribution is 5.85. The minimum Gasteiger partial charge on any atom is -0.333 e. The van der Waals surface area contributed by atoms with Gasteiger partial charge in [-0.05, 0) is 36.1 Å². The second-order valence-corrected chi connectivity index (χ2v) is 6.57. The van der Waals surface area contributed by atoms with E-state index in [2.05, 4.69) is 10.3 Å². The molecule has 140 valence electrons. The van der Waals surface area contributed by atoms with E-state index in [1.807, 2.05) is 36.2 Å². The quantitative estimate of drug-likeness (QED) is 0.868. The van der Waals surface area contributed by atoms with Crippen LogP contribution in [0, 0.1) is 11.7 Å². The maximum atomic E-state index is 13.8. The van der Waals surface area contributed by atoms with Crippen LogP contribution in [0.1, 0.15) is 30.5 Å². The third-order valence-electron chi connectivity index (χ3n) is 4.82. The maximum Gasteiger partial charge on any atom is 0.226 e. The molecule has 1 fully saturated rings. The Morgan fingerprint density at radius 2 is 2.15 bits per heavy atom. The number of carbonyl (C=O) groups excluding carboxylic acids is 1. The van der Waals surface area contributed by atoms with Gasteiger partial charge in [-0.15, -0.1) is 12.4 Å². The monoisotopic (exact) mass is 377 g/mol.